The van der Waals surface area contributed by atoms with Crippen molar-refractivity contribution in [1.29, 1.82) is 0 Å². The molecule has 3 nitrogen and oxygen atoms in total. The monoisotopic (exact) mass is 281 g/mol. The zero-order valence-electron chi connectivity index (χ0n) is 12.0. The molecule has 0 aliphatic heterocycles. The molecule has 108 valence electrons. The number of benzene rings is 2. The SMILES string of the molecule is C#CCOc1ccccc1CNc1ccccc1C(C)O. The highest BCUT2D eigenvalue weighted by molar-refractivity contribution is 5.53. The van der Waals surface area contributed by atoms with Crippen molar-refractivity contribution in [2.45, 2.75) is 19.6 Å². The number of rotatable bonds is 6. The minimum absolute atomic E-state index is 0.251. The molecule has 0 radical (unpaired) electrons. The molecule has 0 saturated heterocycles. The maximum Gasteiger partial charge on any atom is 0.148 e. The van der Waals surface area contributed by atoms with Gasteiger partial charge >= 0.3 is 0 Å². The van der Waals surface area contributed by atoms with E-state index in [0.29, 0.717) is 6.54 Å². The van der Waals surface area contributed by atoms with Crippen molar-refractivity contribution < 1.29 is 9.84 Å². The lowest BCUT2D eigenvalue weighted by Crippen LogP contribution is -2.06. The first-order valence-electron chi connectivity index (χ1n) is 6.87. The molecule has 0 fully saturated rings. The Morgan fingerprint density at radius 1 is 1.19 bits per heavy atom. The summed E-state index contributed by atoms with van der Waals surface area (Å²) in [5.41, 5.74) is 2.81. The van der Waals surface area contributed by atoms with Crippen LogP contribution in [0.15, 0.2) is 48.5 Å². The van der Waals surface area contributed by atoms with E-state index in [4.69, 9.17) is 11.2 Å². The van der Waals surface area contributed by atoms with E-state index in [1.54, 1.807) is 6.92 Å². The summed E-state index contributed by atoms with van der Waals surface area (Å²) < 4.78 is 5.53. The number of ether oxygens (including phenoxy) is 1. The van der Waals surface area contributed by atoms with Gasteiger partial charge in [-0.15, -0.1) is 6.42 Å². The molecule has 1 atom stereocenters. The van der Waals surface area contributed by atoms with E-state index in [-0.39, 0.29) is 6.61 Å². The lowest BCUT2D eigenvalue weighted by molar-refractivity contribution is 0.200. The zero-order valence-corrected chi connectivity index (χ0v) is 12.0. The number of aliphatic hydroxyl groups excluding tert-OH is 1. The van der Waals surface area contributed by atoms with E-state index < -0.39 is 6.10 Å². The van der Waals surface area contributed by atoms with Crippen molar-refractivity contribution in [3.05, 3.63) is 59.7 Å². The van der Waals surface area contributed by atoms with Gasteiger partial charge in [-0.1, -0.05) is 42.3 Å². The number of terminal acetylenes is 1. The Labute approximate surface area is 125 Å². The molecule has 0 heterocycles. The predicted octanol–water partition coefficient (Wildman–Crippen LogP) is 3.36. The first-order chi connectivity index (χ1) is 10.2. The second kappa shape index (κ2) is 7.37. The fraction of sp³-hybridized carbons (Fsp3) is 0.222. The predicted molar refractivity (Wildman–Crippen MR) is 85.2 cm³/mol. The summed E-state index contributed by atoms with van der Waals surface area (Å²) in [6.45, 7) is 2.61. The van der Waals surface area contributed by atoms with Gasteiger partial charge in [-0.2, -0.15) is 0 Å². The summed E-state index contributed by atoms with van der Waals surface area (Å²) >= 11 is 0. The van der Waals surface area contributed by atoms with Crippen LogP contribution >= 0.6 is 0 Å². The maximum absolute atomic E-state index is 9.79. The van der Waals surface area contributed by atoms with Crippen LogP contribution in [-0.2, 0) is 6.54 Å². The van der Waals surface area contributed by atoms with E-state index in [9.17, 15) is 5.11 Å². The molecule has 2 rings (SSSR count). The Bertz CT molecular complexity index is 629. The average Bonchev–Trinajstić information content (AvgIpc) is 2.52. The first-order valence-corrected chi connectivity index (χ1v) is 6.87. The first kappa shape index (κ1) is 15.0. The fourth-order valence-electron chi connectivity index (χ4n) is 2.12. The van der Waals surface area contributed by atoms with Gasteiger partial charge in [-0.05, 0) is 19.1 Å². The van der Waals surface area contributed by atoms with Crippen LogP contribution in [0, 0.1) is 12.3 Å². The van der Waals surface area contributed by atoms with Crippen molar-refractivity contribution in [3.63, 3.8) is 0 Å². The smallest absolute Gasteiger partial charge is 0.148 e. The van der Waals surface area contributed by atoms with E-state index in [1.807, 2.05) is 48.5 Å². The molecule has 3 heteroatoms. The van der Waals surface area contributed by atoms with Gasteiger partial charge in [0.1, 0.15) is 12.4 Å². The van der Waals surface area contributed by atoms with Crippen molar-refractivity contribution >= 4 is 5.69 Å². The molecular weight excluding hydrogens is 262 g/mol. The van der Waals surface area contributed by atoms with Crippen molar-refractivity contribution in [1.82, 2.24) is 0 Å². The third-order valence-corrected chi connectivity index (χ3v) is 3.16. The van der Waals surface area contributed by atoms with Gasteiger partial charge < -0.3 is 15.2 Å². The van der Waals surface area contributed by atoms with Gasteiger partial charge in [-0.3, -0.25) is 0 Å². The van der Waals surface area contributed by atoms with E-state index in [2.05, 4.69) is 11.2 Å². The van der Waals surface area contributed by atoms with E-state index in [0.717, 1.165) is 22.6 Å². The molecule has 2 aromatic rings. The third-order valence-electron chi connectivity index (χ3n) is 3.16. The van der Waals surface area contributed by atoms with Crippen LogP contribution in [0.3, 0.4) is 0 Å². The molecule has 0 aliphatic carbocycles. The van der Waals surface area contributed by atoms with E-state index >= 15 is 0 Å². The summed E-state index contributed by atoms with van der Waals surface area (Å²) in [5, 5.41) is 13.1. The average molecular weight is 281 g/mol. The largest absolute Gasteiger partial charge is 0.481 e. The van der Waals surface area contributed by atoms with Gasteiger partial charge in [0.2, 0.25) is 0 Å². The highest BCUT2D eigenvalue weighted by atomic mass is 16.5. The Kier molecular flexibility index (Phi) is 5.25. The van der Waals surface area contributed by atoms with Crippen LogP contribution in [0.1, 0.15) is 24.2 Å². The normalized spacial score (nSPS) is 11.5. The summed E-state index contributed by atoms with van der Waals surface area (Å²) in [7, 11) is 0. The molecule has 0 aliphatic rings. The summed E-state index contributed by atoms with van der Waals surface area (Å²) in [4.78, 5) is 0. The summed E-state index contributed by atoms with van der Waals surface area (Å²) in [5.74, 6) is 3.24. The van der Waals surface area contributed by atoms with Crippen LogP contribution in [0.5, 0.6) is 5.75 Å². The van der Waals surface area contributed by atoms with Crippen LogP contribution in [0.4, 0.5) is 5.69 Å². The molecule has 0 spiro atoms. The van der Waals surface area contributed by atoms with Gasteiger partial charge in [0.05, 0.1) is 6.10 Å². The minimum Gasteiger partial charge on any atom is -0.481 e. The number of anilines is 1. The number of hydrogen-bond donors (Lipinski definition) is 2. The quantitative estimate of drug-likeness (QED) is 0.798. The Balaban J connectivity index is 2.12. The van der Waals surface area contributed by atoms with Crippen molar-refractivity contribution in [2.24, 2.45) is 0 Å². The van der Waals surface area contributed by atoms with Crippen LogP contribution in [0.25, 0.3) is 0 Å². The van der Waals surface area contributed by atoms with Crippen molar-refractivity contribution in [3.8, 4) is 18.1 Å². The molecule has 2 N–H and O–H groups in total. The summed E-state index contributed by atoms with van der Waals surface area (Å²) in [6.07, 6.45) is 4.71. The van der Waals surface area contributed by atoms with E-state index in [1.165, 1.54) is 0 Å². The van der Waals surface area contributed by atoms with Gasteiger partial charge in [0, 0.05) is 23.4 Å². The number of aliphatic hydroxyl groups is 1. The molecule has 0 bridgehead atoms. The molecule has 0 amide bonds. The number of nitrogens with one attached hydrogen (secondary N) is 1. The van der Waals surface area contributed by atoms with Crippen molar-refractivity contribution in [2.75, 3.05) is 11.9 Å². The Morgan fingerprint density at radius 3 is 2.67 bits per heavy atom. The molecule has 2 aromatic carbocycles. The maximum atomic E-state index is 9.79. The van der Waals surface area contributed by atoms with Crippen LogP contribution in [0.2, 0.25) is 0 Å². The number of hydrogen-bond acceptors (Lipinski definition) is 3. The van der Waals surface area contributed by atoms with Gasteiger partial charge in [-0.25, -0.2) is 0 Å². The molecule has 0 saturated carbocycles. The molecule has 0 aromatic heterocycles. The Hall–Kier alpha value is -2.44. The number of para-hydroxylation sites is 2. The highest BCUT2D eigenvalue weighted by Crippen LogP contribution is 2.24. The zero-order chi connectivity index (χ0) is 15.1. The second-order valence-corrected chi connectivity index (χ2v) is 4.72. The van der Waals surface area contributed by atoms with Gasteiger partial charge in [0.15, 0.2) is 0 Å². The third kappa shape index (κ3) is 4.01. The van der Waals surface area contributed by atoms with Crippen LogP contribution < -0.4 is 10.1 Å². The fourth-order valence-corrected chi connectivity index (χ4v) is 2.12. The van der Waals surface area contributed by atoms with Gasteiger partial charge in [0.25, 0.3) is 0 Å². The molecular formula is C18H19NO2. The van der Waals surface area contributed by atoms with Crippen LogP contribution in [-0.4, -0.2) is 11.7 Å². The summed E-state index contributed by atoms with van der Waals surface area (Å²) in [6, 6.07) is 15.5. The topological polar surface area (TPSA) is 41.5 Å². The lowest BCUT2D eigenvalue weighted by Gasteiger charge is -2.15. The second-order valence-electron chi connectivity index (χ2n) is 4.72. The highest BCUT2D eigenvalue weighted by Gasteiger charge is 2.08. The minimum atomic E-state index is -0.512. The lowest BCUT2D eigenvalue weighted by atomic mass is 10.1. The Morgan fingerprint density at radius 2 is 1.90 bits per heavy atom. The molecule has 21 heavy (non-hydrogen) atoms. The standard InChI is InChI=1S/C18H19NO2/c1-3-12-21-18-11-7-4-8-15(18)13-19-17-10-6-5-9-16(17)14(2)20/h1,4-11,14,19-20H,12-13H2,2H3. The molecule has 1 unspecified atom stereocenters.